The van der Waals surface area contributed by atoms with Gasteiger partial charge in [0.2, 0.25) is 0 Å². The molecule has 0 spiro atoms. The van der Waals surface area contributed by atoms with Gasteiger partial charge in [0.15, 0.2) is 0 Å². The third-order valence-corrected chi connectivity index (χ3v) is 5.19. The van der Waals surface area contributed by atoms with Crippen molar-refractivity contribution in [2.75, 3.05) is 0 Å². The molecule has 0 fully saturated rings. The van der Waals surface area contributed by atoms with Gasteiger partial charge in [-0.05, 0) is 18.4 Å². The molecule has 0 saturated heterocycles. The van der Waals surface area contributed by atoms with Gasteiger partial charge in [-0.3, -0.25) is 0 Å². The zero-order valence-corrected chi connectivity index (χ0v) is 10.4. The Morgan fingerprint density at radius 2 is 2.00 bits per heavy atom. The number of hydrogen-bond donors (Lipinski definition) is 0. The van der Waals surface area contributed by atoms with E-state index in [1.165, 1.54) is 19.3 Å². The van der Waals surface area contributed by atoms with Crippen LogP contribution in [0.3, 0.4) is 0 Å². The fourth-order valence-corrected chi connectivity index (χ4v) is 4.02. The Hall–Kier alpha value is -0.303. The molecule has 0 N–H and O–H groups in total. The van der Waals surface area contributed by atoms with Crippen LogP contribution < -0.4 is 0 Å². The molecule has 0 saturated carbocycles. The summed E-state index contributed by atoms with van der Waals surface area (Å²) in [4.78, 5) is 0. The van der Waals surface area contributed by atoms with E-state index >= 15 is 0 Å². The van der Waals surface area contributed by atoms with E-state index in [1.807, 2.05) is 0 Å². The predicted octanol–water partition coefficient (Wildman–Crippen LogP) is 4.38. The summed E-state index contributed by atoms with van der Waals surface area (Å²) in [5.74, 6) is 0. The largest absolute Gasteiger partial charge is 0.0801 e. The Bertz CT molecular complexity index is 218. The van der Waals surface area contributed by atoms with E-state index in [0.29, 0.717) is 0 Å². The summed E-state index contributed by atoms with van der Waals surface area (Å²) in [5.41, 5.74) is 2.51. The summed E-state index contributed by atoms with van der Waals surface area (Å²) in [6, 6.07) is 0. The summed E-state index contributed by atoms with van der Waals surface area (Å²) in [6.07, 6.45) is 11.0. The van der Waals surface area contributed by atoms with Crippen molar-refractivity contribution in [1.82, 2.24) is 0 Å². The highest BCUT2D eigenvalue weighted by atomic mass is 28.3. The van der Waals surface area contributed by atoms with E-state index in [2.05, 4.69) is 44.8 Å². The Kier molecular flexibility index (Phi) is 3.54. The maximum atomic E-state index is 2.47. The van der Waals surface area contributed by atoms with Crippen LogP contribution in [0.1, 0.15) is 26.2 Å². The third-order valence-electron chi connectivity index (χ3n) is 2.77. The van der Waals surface area contributed by atoms with Gasteiger partial charge in [-0.15, -0.1) is 0 Å². The molecular formula is C12H22Si. The molecule has 0 heterocycles. The summed E-state index contributed by atoms with van der Waals surface area (Å²) < 4.78 is 0. The highest BCUT2D eigenvalue weighted by Gasteiger charge is 2.28. The smallest absolute Gasteiger partial charge is 0.0561 e. The minimum atomic E-state index is -0.992. The van der Waals surface area contributed by atoms with Crippen molar-refractivity contribution in [3.63, 3.8) is 0 Å². The molecule has 1 rings (SSSR count). The van der Waals surface area contributed by atoms with E-state index in [9.17, 15) is 0 Å². The quantitative estimate of drug-likeness (QED) is 0.583. The van der Waals surface area contributed by atoms with E-state index in [1.54, 1.807) is 5.57 Å². The lowest BCUT2D eigenvalue weighted by Crippen LogP contribution is -2.27. The van der Waals surface area contributed by atoms with Gasteiger partial charge in [-0.25, -0.2) is 0 Å². The zero-order valence-electron chi connectivity index (χ0n) is 9.43. The monoisotopic (exact) mass is 194 g/mol. The molecule has 1 unspecified atom stereocenters. The molecule has 0 aliphatic heterocycles. The summed E-state index contributed by atoms with van der Waals surface area (Å²) in [6.45, 7) is 9.67. The first-order valence-electron chi connectivity index (χ1n) is 5.43. The first kappa shape index (κ1) is 10.8. The molecule has 0 aromatic carbocycles. The second-order valence-electron chi connectivity index (χ2n) is 5.07. The van der Waals surface area contributed by atoms with Crippen LogP contribution in [0.15, 0.2) is 23.8 Å². The molecule has 0 aromatic rings. The molecule has 74 valence electrons. The van der Waals surface area contributed by atoms with E-state index < -0.39 is 8.07 Å². The van der Waals surface area contributed by atoms with Crippen LogP contribution in [0.25, 0.3) is 0 Å². The minimum absolute atomic E-state index is 0.819. The maximum Gasteiger partial charge on any atom is 0.0561 e. The molecule has 13 heavy (non-hydrogen) atoms. The van der Waals surface area contributed by atoms with Crippen LogP contribution in [-0.4, -0.2) is 8.07 Å². The van der Waals surface area contributed by atoms with Crippen molar-refractivity contribution in [3.8, 4) is 0 Å². The van der Waals surface area contributed by atoms with Gasteiger partial charge in [-0.1, -0.05) is 56.8 Å². The van der Waals surface area contributed by atoms with Crippen molar-refractivity contribution < 1.29 is 0 Å². The van der Waals surface area contributed by atoms with Crippen LogP contribution in [-0.2, 0) is 0 Å². The summed E-state index contributed by atoms with van der Waals surface area (Å²) in [7, 11) is -0.992. The van der Waals surface area contributed by atoms with Gasteiger partial charge >= 0.3 is 0 Å². The number of hydrogen-bond acceptors (Lipinski definition) is 0. The molecule has 0 nitrogen and oxygen atoms in total. The number of rotatable bonds is 4. The van der Waals surface area contributed by atoms with Gasteiger partial charge in [0.1, 0.15) is 0 Å². The van der Waals surface area contributed by atoms with Crippen molar-refractivity contribution in [2.45, 2.75) is 51.4 Å². The van der Waals surface area contributed by atoms with Gasteiger partial charge in [0, 0.05) is 0 Å². The molecule has 1 aliphatic rings. The highest BCUT2D eigenvalue weighted by Crippen LogP contribution is 2.37. The minimum Gasteiger partial charge on any atom is -0.0801 e. The Morgan fingerprint density at radius 1 is 1.31 bits per heavy atom. The summed E-state index contributed by atoms with van der Waals surface area (Å²) >= 11 is 0. The fourth-order valence-electron chi connectivity index (χ4n) is 1.98. The lowest BCUT2D eigenvalue weighted by atomic mass is 10.1. The zero-order chi connectivity index (χ0) is 9.90. The van der Waals surface area contributed by atoms with Crippen molar-refractivity contribution >= 4 is 8.07 Å². The standard InChI is InChI=1S/C12H22Si/c1-5-6-8-11-9-7-10-12(11)13(2,3)4/h7,9-10,12H,5-6,8H2,1-4H3. The maximum absolute atomic E-state index is 2.47. The van der Waals surface area contributed by atoms with Crippen molar-refractivity contribution in [3.05, 3.63) is 23.8 Å². The average Bonchev–Trinajstić information content (AvgIpc) is 2.47. The average molecular weight is 194 g/mol. The molecule has 0 aromatic heterocycles. The van der Waals surface area contributed by atoms with Gasteiger partial charge in [-0.2, -0.15) is 0 Å². The molecule has 1 heteroatoms. The normalized spacial score (nSPS) is 22.2. The Balaban J connectivity index is 2.57. The predicted molar refractivity (Wildman–Crippen MR) is 63.8 cm³/mol. The number of allylic oxidation sites excluding steroid dienone is 4. The summed E-state index contributed by atoms with van der Waals surface area (Å²) in [5, 5.41) is 0. The Morgan fingerprint density at radius 3 is 2.54 bits per heavy atom. The van der Waals surface area contributed by atoms with Crippen LogP contribution in [0, 0.1) is 0 Å². The first-order chi connectivity index (χ1) is 6.05. The lowest BCUT2D eigenvalue weighted by molar-refractivity contribution is 0.775. The molecular weight excluding hydrogens is 172 g/mol. The fraction of sp³-hybridized carbons (Fsp3) is 0.667. The van der Waals surface area contributed by atoms with Gasteiger partial charge in [0.25, 0.3) is 0 Å². The van der Waals surface area contributed by atoms with Crippen LogP contribution >= 0.6 is 0 Å². The molecule has 1 aliphatic carbocycles. The third kappa shape index (κ3) is 2.83. The van der Waals surface area contributed by atoms with Crippen molar-refractivity contribution in [2.24, 2.45) is 0 Å². The van der Waals surface area contributed by atoms with Crippen LogP contribution in [0.2, 0.25) is 25.2 Å². The Labute approximate surface area is 83.7 Å². The van der Waals surface area contributed by atoms with E-state index in [4.69, 9.17) is 0 Å². The van der Waals surface area contributed by atoms with Gasteiger partial charge in [0.05, 0.1) is 8.07 Å². The first-order valence-corrected chi connectivity index (χ1v) is 9.00. The van der Waals surface area contributed by atoms with E-state index in [0.717, 1.165) is 5.54 Å². The number of unbranched alkanes of at least 4 members (excludes halogenated alkanes) is 1. The molecule has 0 amide bonds. The molecule has 0 radical (unpaired) electrons. The van der Waals surface area contributed by atoms with Gasteiger partial charge < -0.3 is 0 Å². The second-order valence-corrected chi connectivity index (χ2v) is 10.4. The van der Waals surface area contributed by atoms with E-state index in [-0.39, 0.29) is 0 Å². The highest BCUT2D eigenvalue weighted by molar-refractivity contribution is 6.78. The molecule has 0 bridgehead atoms. The topological polar surface area (TPSA) is 0 Å². The lowest BCUT2D eigenvalue weighted by Gasteiger charge is -2.26. The SMILES string of the molecule is CCCCC1=CC=CC1[Si](C)(C)C. The molecule has 1 atom stereocenters. The van der Waals surface area contributed by atoms with Crippen LogP contribution in [0.4, 0.5) is 0 Å². The van der Waals surface area contributed by atoms with Crippen molar-refractivity contribution in [1.29, 1.82) is 0 Å². The van der Waals surface area contributed by atoms with Crippen LogP contribution in [0.5, 0.6) is 0 Å². The second kappa shape index (κ2) is 4.27.